The molecule has 2 rings (SSSR count). The molecule has 0 fully saturated rings. The van der Waals surface area contributed by atoms with Gasteiger partial charge in [0.05, 0.1) is 16.9 Å². The number of aryl methyl sites for hydroxylation is 2. The summed E-state index contributed by atoms with van der Waals surface area (Å²) in [6.45, 7) is 3.67. The monoisotopic (exact) mass is 242 g/mol. The summed E-state index contributed by atoms with van der Waals surface area (Å²) < 4.78 is 1.58. The largest absolute Gasteiger partial charge is 0.224 e. The highest BCUT2D eigenvalue weighted by molar-refractivity contribution is 6.31. The van der Waals surface area contributed by atoms with Crippen LogP contribution in [0.2, 0.25) is 10.3 Å². The molecular formula is C9H8Cl2N4. The van der Waals surface area contributed by atoms with Crippen LogP contribution in [-0.4, -0.2) is 19.7 Å². The van der Waals surface area contributed by atoms with E-state index in [4.69, 9.17) is 23.2 Å². The van der Waals surface area contributed by atoms with Crippen LogP contribution in [0.4, 0.5) is 0 Å². The van der Waals surface area contributed by atoms with Crippen molar-refractivity contribution in [2.75, 3.05) is 0 Å². The van der Waals surface area contributed by atoms with Crippen molar-refractivity contribution >= 4 is 23.2 Å². The highest BCUT2D eigenvalue weighted by atomic mass is 35.5. The number of hydrogen-bond acceptors (Lipinski definition) is 3. The van der Waals surface area contributed by atoms with Crippen LogP contribution in [0.5, 0.6) is 0 Å². The van der Waals surface area contributed by atoms with E-state index < -0.39 is 0 Å². The zero-order valence-corrected chi connectivity index (χ0v) is 9.71. The summed E-state index contributed by atoms with van der Waals surface area (Å²) in [5.41, 5.74) is 1.54. The quantitative estimate of drug-likeness (QED) is 0.723. The summed E-state index contributed by atoms with van der Waals surface area (Å²) in [5, 5.41) is 5.00. The topological polar surface area (TPSA) is 43.6 Å². The molecule has 0 saturated carbocycles. The molecule has 0 atom stereocenters. The SMILES string of the molecule is Cc1cc(-n2cc(Cl)c(C)n2)nc(Cl)n1. The minimum atomic E-state index is 0.203. The van der Waals surface area contributed by atoms with Gasteiger partial charge in [-0.05, 0) is 25.4 Å². The maximum absolute atomic E-state index is 5.90. The van der Waals surface area contributed by atoms with Gasteiger partial charge in [-0.15, -0.1) is 0 Å². The molecule has 0 radical (unpaired) electrons. The van der Waals surface area contributed by atoms with Gasteiger partial charge < -0.3 is 0 Å². The Bertz CT molecular complexity index is 467. The Hall–Kier alpha value is -1.13. The molecule has 2 heterocycles. The average molecular weight is 243 g/mol. The van der Waals surface area contributed by atoms with Crippen molar-refractivity contribution in [1.29, 1.82) is 0 Å². The van der Waals surface area contributed by atoms with E-state index in [2.05, 4.69) is 15.1 Å². The first-order valence-electron chi connectivity index (χ1n) is 4.29. The molecule has 15 heavy (non-hydrogen) atoms. The van der Waals surface area contributed by atoms with Crippen LogP contribution in [0.25, 0.3) is 5.82 Å². The predicted molar refractivity (Wildman–Crippen MR) is 58.6 cm³/mol. The summed E-state index contributed by atoms with van der Waals surface area (Å²) in [6, 6.07) is 1.79. The molecule has 6 heteroatoms. The van der Waals surface area contributed by atoms with Gasteiger partial charge in [-0.2, -0.15) is 10.1 Å². The lowest BCUT2D eigenvalue weighted by Gasteiger charge is -2.01. The Morgan fingerprint density at radius 1 is 1.20 bits per heavy atom. The third-order valence-electron chi connectivity index (χ3n) is 1.89. The summed E-state index contributed by atoms with van der Waals surface area (Å²) in [4.78, 5) is 8.02. The van der Waals surface area contributed by atoms with Crippen LogP contribution in [0, 0.1) is 13.8 Å². The van der Waals surface area contributed by atoms with Crippen LogP contribution in [0.3, 0.4) is 0 Å². The fourth-order valence-electron chi connectivity index (χ4n) is 1.19. The lowest BCUT2D eigenvalue weighted by Crippen LogP contribution is -2.00. The minimum Gasteiger partial charge on any atom is -0.223 e. The van der Waals surface area contributed by atoms with E-state index in [9.17, 15) is 0 Å². The van der Waals surface area contributed by atoms with E-state index in [-0.39, 0.29) is 5.28 Å². The van der Waals surface area contributed by atoms with Crippen LogP contribution in [-0.2, 0) is 0 Å². The zero-order valence-electron chi connectivity index (χ0n) is 8.20. The van der Waals surface area contributed by atoms with Crippen molar-refractivity contribution in [3.8, 4) is 5.82 Å². The van der Waals surface area contributed by atoms with Crippen LogP contribution in [0.15, 0.2) is 12.3 Å². The molecule has 0 spiro atoms. The Labute approximate surface area is 96.9 Å². The first-order chi connectivity index (χ1) is 7.06. The maximum Gasteiger partial charge on any atom is 0.224 e. The smallest absolute Gasteiger partial charge is 0.223 e. The van der Waals surface area contributed by atoms with Gasteiger partial charge in [0, 0.05) is 11.8 Å². The van der Waals surface area contributed by atoms with Crippen molar-refractivity contribution in [2.45, 2.75) is 13.8 Å². The maximum atomic E-state index is 5.90. The van der Waals surface area contributed by atoms with Gasteiger partial charge in [0.25, 0.3) is 0 Å². The first-order valence-corrected chi connectivity index (χ1v) is 5.05. The van der Waals surface area contributed by atoms with Gasteiger partial charge in [0.1, 0.15) is 0 Å². The van der Waals surface area contributed by atoms with E-state index in [0.29, 0.717) is 10.8 Å². The lowest BCUT2D eigenvalue weighted by atomic mass is 10.4. The first kappa shape index (κ1) is 10.4. The van der Waals surface area contributed by atoms with E-state index in [0.717, 1.165) is 11.4 Å². The molecule has 0 aliphatic rings. The molecule has 2 aromatic heterocycles. The molecule has 0 aliphatic heterocycles. The third-order valence-corrected chi connectivity index (χ3v) is 2.43. The second-order valence-corrected chi connectivity index (χ2v) is 3.89. The number of hydrogen-bond donors (Lipinski definition) is 0. The molecule has 0 aliphatic carbocycles. The molecule has 0 unspecified atom stereocenters. The molecule has 78 valence electrons. The van der Waals surface area contributed by atoms with Gasteiger partial charge in [-0.1, -0.05) is 11.6 Å². The molecule has 2 aromatic rings. The second kappa shape index (κ2) is 3.79. The second-order valence-electron chi connectivity index (χ2n) is 3.14. The number of nitrogens with zero attached hydrogens (tertiary/aromatic N) is 4. The standard InChI is InChI=1S/C9H8Cl2N4/c1-5-3-8(13-9(11)12-5)15-4-7(10)6(2)14-15/h3-4H,1-2H3. The molecule has 0 aromatic carbocycles. The fourth-order valence-corrected chi connectivity index (χ4v) is 1.54. The van der Waals surface area contributed by atoms with E-state index in [1.807, 2.05) is 13.8 Å². The van der Waals surface area contributed by atoms with E-state index >= 15 is 0 Å². The van der Waals surface area contributed by atoms with Gasteiger partial charge in [-0.3, -0.25) is 0 Å². The summed E-state index contributed by atoms with van der Waals surface area (Å²) in [7, 11) is 0. The average Bonchev–Trinajstić information content (AvgIpc) is 2.45. The van der Waals surface area contributed by atoms with Crippen molar-refractivity contribution in [3.63, 3.8) is 0 Å². The van der Waals surface area contributed by atoms with Gasteiger partial charge in [-0.25, -0.2) is 9.67 Å². The lowest BCUT2D eigenvalue weighted by molar-refractivity contribution is 0.822. The van der Waals surface area contributed by atoms with Crippen LogP contribution < -0.4 is 0 Å². The summed E-state index contributed by atoms with van der Waals surface area (Å²) in [6.07, 6.45) is 1.69. The van der Waals surface area contributed by atoms with Gasteiger partial charge in [0.15, 0.2) is 5.82 Å². The number of halogens is 2. The number of aromatic nitrogens is 4. The normalized spacial score (nSPS) is 10.7. The summed E-state index contributed by atoms with van der Waals surface area (Å²) in [5.74, 6) is 0.613. The zero-order chi connectivity index (χ0) is 11.0. The Morgan fingerprint density at radius 3 is 2.47 bits per heavy atom. The number of rotatable bonds is 1. The Balaban J connectivity index is 2.53. The van der Waals surface area contributed by atoms with Gasteiger partial charge >= 0.3 is 0 Å². The minimum absolute atomic E-state index is 0.203. The van der Waals surface area contributed by atoms with Gasteiger partial charge in [0.2, 0.25) is 5.28 Å². The predicted octanol–water partition coefficient (Wildman–Crippen LogP) is 2.59. The molecule has 4 nitrogen and oxygen atoms in total. The molecule has 0 amide bonds. The molecular weight excluding hydrogens is 235 g/mol. The van der Waals surface area contributed by atoms with E-state index in [1.165, 1.54) is 0 Å². The summed E-state index contributed by atoms with van der Waals surface area (Å²) >= 11 is 11.6. The van der Waals surface area contributed by atoms with E-state index in [1.54, 1.807) is 16.9 Å². The highest BCUT2D eigenvalue weighted by Crippen LogP contribution is 2.16. The Morgan fingerprint density at radius 2 is 1.93 bits per heavy atom. The fraction of sp³-hybridized carbons (Fsp3) is 0.222. The van der Waals surface area contributed by atoms with Crippen molar-refractivity contribution in [3.05, 3.63) is 34.0 Å². The van der Waals surface area contributed by atoms with Crippen LogP contribution in [0.1, 0.15) is 11.4 Å². The van der Waals surface area contributed by atoms with Crippen molar-refractivity contribution in [1.82, 2.24) is 19.7 Å². The van der Waals surface area contributed by atoms with Crippen molar-refractivity contribution in [2.24, 2.45) is 0 Å². The van der Waals surface area contributed by atoms with Crippen molar-refractivity contribution < 1.29 is 0 Å². The molecule has 0 N–H and O–H groups in total. The molecule has 0 saturated heterocycles. The highest BCUT2D eigenvalue weighted by Gasteiger charge is 2.06. The Kier molecular flexibility index (Phi) is 2.63. The third kappa shape index (κ3) is 2.11. The molecule has 0 bridgehead atoms. The van der Waals surface area contributed by atoms with Crippen LogP contribution >= 0.6 is 23.2 Å².